The number of carbonyl (C=O) groups is 1. The molecule has 0 bridgehead atoms. The molecule has 0 aliphatic carbocycles. The Kier molecular flexibility index (Phi) is 5.23. The van der Waals surface area contributed by atoms with Crippen LogP contribution in [0.15, 0.2) is 54.6 Å². The van der Waals surface area contributed by atoms with Gasteiger partial charge in [0.2, 0.25) is 5.91 Å². The normalized spacial score (nSPS) is 19.5. The Morgan fingerprint density at radius 3 is 2.48 bits per heavy atom. The molecule has 2 aliphatic rings. The maximum Gasteiger partial charge on any atom is 0.227 e. The van der Waals surface area contributed by atoms with Crippen LogP contribution in [0.4, 0.5) is 4.39 Å². The molecule has 0 aromatic heterocycles. The van der Waals surface area contributed by atoms with E-state index in [1.807, 2.05) is 11.0 Å². The van der Waals surface area contributed by atoms with Crippen molar-refractivity contribution in [1.29, 1.82) is 0 Å². The summed E-state index contributed by atoms with van der Waals surface area (Å²) in [5.41, 5.74) is 2.19. The highest BCUT2D eigenvalue weighted by molar-refractivity contribution is 5.78. The molecule has 2 aromatic carbocycles. The first kappa shape index (κ1) is 18.1. The van der Waals surface area contributed by atoms with Crippen molar-refractivity contribution in [3.05, 3.63) is 71.5 Å². The average molecular weight is 368 g/mol. The third-order valence-corrected chi connectivity index (χ3v) is 5.43. The summed E-state index contributed by atoms with van der Waals surface area (Å²) < 4.78 is 18.9. The fourth-order valence-electron chi connectivity index (χ4n) is 4.14. The molecule has 0 atom stereocenters. The molecule has 2 saturated heterocycles. The molecular formula is C22H25FN2O2. The molecule has 0 unspecified atom stereocenters. The molecule has 2 aliphatic heterocycles. The molecule has 0 N–H and O–H groups in total. The second-order valence-corrected chi connectivity index (χ2v) is 7.80. The van der Waals surface area contributed by atoms with Crippen LogP contribution in [0.1, 0.15) is 11.1 Å². The Hall–Kier alpha value is -2.24. The number of rotatable bonds is 4. The van der Waals surface area contributed by atoms with E-state index in [2.05, 4.69) is 29.2 Å². The van der Waals surface area contributed by atoms with Gasteiger partial charge in [-0.3, -0.25) is 9.69 Å². The molecule has 1 amide bonds. The van der Waals surface area contributed by atoms with E-state index in [0.717, 1.165) is 31.7 Å². The lowest BCUT2D eigenvalue weighted by atomic mass is 9.79. The molecule has 4 nitrogen and oxygen atoms in total. The van der Waals surface area contributed by atoms with Crippen molar-refractivity contribution >= 4 is 5.91 Å². The zero-order chi connectivity index (χ0) is 18.7. The molecule has 2 heterocycles. The van der Waals surface area contributed by atoms with Crippen LogP contribution in [0.2, 0.25) is 0 Å². The van der Waals surface area contributed by atoms with Gasteiger partial charge in [0.1, 0.15) is 5.82 Å². The lowest BCUT2D eigenvalue weighted by Gasteiger charge is -2.50. The van der Waals surface area contributed by atoms with Gasteiger partial charge in [-0.1, -0.05) is 42.5 Å². The fraction of sp³-hybridized carbons (Fsp3) is 0.409. The highest BCUT2D eigenvalue weighted by Gasteiger charge is 2.46. The lowest BCUT2D eigenvalue weighted by Crippen LogP contribution is -2.62. The summed E-state index contributed by atoms with van der Waals surface area (Å²) in [4.78, 5) is 17.1. The van der Waals surface area contributed by atoms with E-state index < -0.39 is 0 Å². The first-order valence-electron chi connectivity index (χ1n) is 9.48. The van der Waals surface area contributed by atoms with E-state index in [4.69, 9.17) is 4.74 Å². The Morgan fingerprint density at radius 1 is 1.00 bits per heavy atom. The van der Waals surface area contributed by atoms with Crippen molar-refractivity contribution in [2.45, 2.75) is 13.0 Å². The molecule has 142 valence electrons. The minimum Gasteiger partial charge on any atom is -0.379 e. The number of amides is 1. The van der Waals surface area contributed by atoms with Gasteiger partial charge in [-0.05, 0) is 23.3 Å². The number of nitrogens with zero attached hydrogens (tertiary/aromatic N) is 2. The van der Waals surface area contributed by atoms with Gasteiger partial charge in [-0.25, -0.2) is 4.39 Å². The van der Waals surface area contributed by atoms with Gasteiger partial charge in [0, 0.05) is 38.1 Å². The Labute approximate surface area is 159 Å². The first-order chi connectivity index (χ1) is 13.1. The van der Waals surface area contributed by atoms with Crippen LogP contribution in [-0.2, 0) is 22.5 Å². The molecule has 0 radical (unpaired) electrons. The molecule has 2 aromatic rings. The van der Waals surface area contributed by atoms with Gasteiger partial charge in [-0.2, -0.15) is 0 Å². The van der Waals surface area contributed by atoms with E-state index in [0.29, 0.717) is 26.2 Å². The maximum absolute atomic E-state index is 13.1. The van der Waals surface area contributed by atoms with Crippen LogP contribution in [-0.4, -0.2) is 55.1 Å². The minimum atomic E-state index is -0.277. The van der Waals surface area contributed by atoms with Crippen LogP contribution in [0.3, 0.4) is 0 Å². The third kappa shape index (κ3) is 4.37. The van der Waals surface area contributed by atoms with Crippen molar-refractivity contribution in [2.24, 2.45) is 5.41 Å². The molecule has 4 rings (SSSR count). The summed E-state index contributed by atoms with van der Waals surface area (Å²) in [6.07, 6.45) is 0.310. The molecule has 27 heavy (non-hydrogen) atoms. The van der Waals surface area contributed by atoms with Gasteiger partial charge in [-0.15, -0.1) is 0 Å². The van der Waals surface area contributed by atoms with Crippen molar-refractivity contribution in [2.75, 3.05) is 39.4 Å². The standard InChI is InChI=1S/C22H25FN2O2/c23-20-8-6-18(7-9-20)12-21(26)25-10-11-27-17-22(16-25)14-24(15-22)13-19-4-2-1-3-5-19/h1-9H,10-17H2. The van der Waals surface area contributed by atoms with Crippen molar-refractivity contribution in [3.8, 4) is 0 Å². The zero-order valence-electron chi connectivity index (χ0n) is 15.4. The lowest BCUT2D eigenvalue weighted by molar-refractivity contribution is -0.134. The molecule has 2 fully saturated rings. The molecule has 5 heteroatoms. The van der Waals surface area contributed by atoms with Gasteiger partial charge >= 0.3 is 0 Å². The van der Waals surface area contributed by atoms with E-state index in [1.54, 1.807) is 12.1 Å². The Morgan fingerprint density at radius 2 is 1.74 bits per heavy atom. The molecular weight excluding hydrogens is 343 g/mol. The summed E-state index contributed by atoms with van der Waals surface area (Å²) in [6, 6.07) is 16.6. The van der Waals surface area contributed by atoms with E-state index in [9.17, 15) is 9.18 Å². The Bertz CT molecular complexity index is 773. The van der Waals surface area contributed by atoms with Crippen LogP contribution in [0.5, 0.6) is 0 Å². The van der Waals surface area contributed by atoms with E-state index in [-0.39, 0.29) is 17.1 Å². The van der Waals surface area contributed by atoms with Gasteiger partial charge in [0.15, 0.2) is 0 Å². The first-order valence-corrected chi connectivity index (χ1v) is 9.48. The van der Waals surface area contributed by atoms with Crippen LogP contribution < -0.4 is 0 Å². The monoisotopic (exact) mass is 368 g/mol. The van der Waals surface area contributed by atoms with Crippen LogP contribution >= 0.6 is 0 Å². The minimum absolute atomic E-state index is 0.0315. The van der Waals surface area contributed by atoms with Crippen LogP contribution in [0, 0.1) is 11.2 Å². The second-order valence-electron chi connectivity index (χ2n) is 7.80. The van der Waals surface area contributed by atoms with Crippen molar-refractivity contribution in [3.63, 3.8) is 0 Å². The largest absolute Gasteiger partial charge is 0.379 e. The quantitative estimate of drug-likeness (QED) is 0.832. The fourth-order valence-corrected chi connectivity index (χ4v) is 4.14. The van der Waals surface area contributed by atoms with E-state index >= 15 is 0 Å². The second kappa shape index (κ2) is 7.79. The van der Waals surface area contributed by atoms with Crippen LogP contribution in [0.25, 0.3) is 0 Å². The topological polar surface area (TPSA) is 32.8 Å². The van der Waals surface area contributed by atoms with Crippen molar-refractivity contribution < 1.29 is 13.9 Å². The van der Waals surface area contributed by atoms with Crippen molar-refractivity contribution in [1.82, 2.24) is 9.80 Å². The van der Waals surface area contributed by atoms with Gasteiger partial charge in [0.05, 0.1) is 19.6 Å². The number of hydrogen-bond donors (Lipinski definition) is 0. The highest BCUT2D eigenvalue weighted by Crippen LogP contribution is 2.34. The number of carbonyl (C=O) groups excluding carboxylic acids is 1. The summed E-state index contributed by atoms with van der Waals surface area (Å²) >= 11 is 0. The number of hydrogen-bond acceptors (Lipinski definition) is 3. The molecule has 0 saturated carbocycles. The SMILES string of the molecule is O=C(Cc1ccc(F)cc1)N1CCOCC2(CN(Cc3ccccc3)C2)C1. The summed E-state index contributed by atoms with van der Waals surface area (Å²) in [6.45, 7) is 5.48. The average Bonchev–Trinajstić information content (AvgIpc) is 2.88. The maximum atomic E-state index is 13.1. The number of benzene rings is 2. The summed E-state index contributed by atoms with van der Waals surface area (Å²) in [7, 11) is 0. The van der Waals surface area contributed by atoms with Gasteiger partial charge in [0.25, 0.3) is 0 Å². The van der Waals surface area contributed by atoms with E-state index in [1.165, 1.54) is 17.7 Å². The summed E-state index contributed by atoms with van der Waals surface area (Å²) in [5.74, 6) is -0.186. The number of halogens is 1. The Balaban J connectivity index is 1.35. The van der Waals surface area contributed by atoms with Gasteiger partial charge < -0.3 is 9.64 Å². The molecule has 1 spiro atoms. The predicted molar refractivity (Wildman–Crippen MR) is 102 cm³/mol. The summed E-state index contributed by atoms with van der Waals surface area (Å²) in [5, 5.41) is 0. The predicted octanol–water partition coefficient (Wildman–Crippen LogP) is 2.73. The number of likely N-dealkylation sites (tertiary alicyclic amines) is 1. The zero-order valence-corrected chi connectivity index (χ0v) is 15.4. The number of ether oxygens (including phenoxy) is 1. The highest BCUT2D eigenvalue weighted by atomic mass is 19.1. The third-order valence-electron chi connectivity index (χ3n) is 5.43. The smallest absolute Gasteiger partial charge is 0.227 e.